The minimum absolute atomic E-state index is 0. The van der Waals surface area contributed by atoms with Gasteiger partial charge < -0.3 is 10.6 Å². The predicted octanol–water partition coefficient (Wildman–Crippen LogP) is 1.98. The minimum atomic E-state index is 0. The van der Waals surface area contributed by atoms with E-state index in [-0.39, 0.29) is 18.3 Å². The summed E-state index contributed by atoms with van der Waals surface area (Å²) in [5, 5.41) is 6.16. The van der Waals surface area contributed by atoms with Crippen molar-refractivity contribution in [1.82, 2.24) is 10.2 Å². The molecule has 0 saturated carbocycles. The molecule has 2 N–H and O–H groups in total. The first-order valence-electron chi connectivity index (χ1n) is 7.00. The van der Waals surface area contributed by atoms with Crippen LogP contribution in [0.4, 0.5) is 5.69 Å². The molecule has 5 heteroatoms. The van der Waals surface area contributed by atoms with Gasteiger partial charge in [0.15, 0.2) is 0 Å². The molecule has 1 aliphatic rings. The van der Waals surface area contributed by atoms with E-state index >= 15 is 0 Å². The monoisotopic (exact) mass is 297 g/mol. The van der Waals surface area contributed by atoms with Gasteiger partial charge in [-0.25, -0.2) is 0 Å². The van der Waals surface area contributed by atoms with Crippen LogP contribution in [-0.2, 0) is 4.79 Å². The molecular formula is C15H24ClN3O. The van der Waals surface area contributed by atoms with E-state index in [9.17, 15) is 4.79 Å². The normalized spacial score (nSPS) is 19.1. The number of rotatable bonds is 5. The Balaban J connectivity index is 0.00000200. The van der Waals surface area contributed by atoms with Gasteiger partial charge in [-0.1, -0.05) is 18.2 Å². The largest absolute Gasteiger partial charge is 0.325 e. The number of anilines is 1. The van der Waals surface area contributed by atoms with Crippen LogP contribution < -0.4 is 10.6 Å². The van der Waals surface area contributed by atoms with Crippen molar-refractivity contribution in [2.75, 3.05) is 38.5 Å². The summed E-state index contributed by atoms with van der Waals surface area (Å²) in [7, 11) is 1.99. The molecule has 2 rings (SSSR count). The Labute approximate surface area is 127 Å². The second kappa shape index (κ2) is 8.95. The van der Waals surface area contributed by atoms with Crippen LogP contribution in [0.25, 0.3) is 0 Å². The van der Waals surface area contributed by atoms with Gasteiger partial charge in [0.1, 0.15) is 0 Å². The summed E-state index contributed by atoms with van der Waals surface area (Å²) in [6, 6.07) is 9.64. The van der Waals surface area contributed by atoms with Gasteiger partial charge in [0.25, 0.3) is 0 Å². The van der Waals surface area contributed by atoms with Crippen molar-refractivity contribution in [2.45, 2.75) is 12.8 Å². The average Bonchev–Trinajstić information content (AvgIpc) is 2.40. The summed E-state index contributed by atoms with van der Waals surface area (Å²) in [5.41, 5.74) is 0.872. The van der Waals surface area contributed by atoms with Gasteiger partial charge in [0, 0.05) is 12.2 Å². The first-order chi connectivity index (χ1) is 9.28. The number of likely N-dealkylation sites (tertiary alicyclic amines) is 1. The molecule has 1 aliphatic heterocycles. The van der Waals surface area contributed by atoms with Crippen molar-refractivity contribution in [3.8, 4) is 0 Å². The molecule has 1 aromatic carbocycles. The number of carbonyl (C=O) groups is 1. The third-order valence-corrected chi connectivity index (χ3v) is 3.52. The van der Waals surface area contributed by atoms with Gasteiger partial charge in [-0.15, -0.1) is 12.4 Å². The molecule has 0 bridgehead atoms. The quantitative estimate of drug-likeness (QED) is 0.873. The molecule has 1 atom stereocenters. The standard InChI is InChI=1S/C15H23N3O.ClH/c1-16-10-13-6-5-9-18(11-13)12-15(19)17-14-7-3-2-4-8-14;/h2-4,7-8,13,16H,5-6,9-12H2,1H3,(H,17,19);1H. The van der Waals surface area contributed by atoms with Crippen molar-refractivity contribution < 1.29 is 4.79 Å². The summed E-state index contributed by atoms with van der Waals surface area (Å²) >= 11 is 0. The Kier molecular flexibility index (Phi) is 7.59. The Morgan fingerprint density at radius 2 is 2.10 bits per heavy atom. The van der Waals surface area contributed by atoms with Crippen molar-refractivity contribution >= 4 is 24.0 Å². The topological polar surface area (TPSA) is 44.4 Å². The zero-order valence-electron chi connectivity index (χ0n) is 12.0. The first-order valence-corrected chi connectivity index (χ1v) is 7.00. The van der Waals surface area contributed by atoms with Gasteiger partial charge in [0.05, 0.1) is 6.54 Å². The number of piperidine rings is 1. The average molecular weight is 298 g/mol. The van der Waals surface area contributed by atoms with Crippen LogP contribution in [-0.4, -0.2) is 44.0 Å². The SMILES string of the molecule is CNCC1CCCN(CC(=O)Nc2ccccc2)C1.Cl. The smallest absolute Gasteiger partial charge is 0.238 e. The summed E-state index contributed by atoms with van der Waals surface area (Å²) in [4.78, 5) is 14.2. The lowest BCUT2D eigenvalue weighted by Gasteiger charge is -2.32. The number of nitrogens with zero attached hydrogens (tertiary/aromatic N) is 1. The maximum Gasteiger partial charge on any atom is 0.238 e. The van der Waals surface area contributed by atoms with E-state index < -0.39 is 0 Å². The molecule has 0 aliphatic carbocycles. The van der Waals surface area contributed by atoms with E-state index in [1.807, 2.05) is 37.4 Å². The summed E-state index contributed by atoms with van der Waals surface area (Å²) in [6.45, 7) is 3.58. The number of halogens is 1. The molecule has 1 saturated heterocycles. The highest BCUT2D eigenvalue weighted by Crippen LogP contribution is 2.15. The van der Waals surface area contributed by atoms with Crippen LogP contribution in [0.1, 0.15) is 12.8 Å². The first kappa shape index (κ1) is 17.0. The maximum atomic E-state index is 12.0. The van der Waals surface area contributed by atoms with Crippen LogP contribution in [0.5, 0.6) is 0 Å². The molecule has 1 amide bonds. The van der Waals surface area contributed by atoms with Gasteiger partial charge in [-0.05, 0) is 51.0 Å². The summed E-state index contributed by atoms with van der Waals surface area (Å²) in [5.74, 6) is 0.750. The van der Waals surface area contributed by atoms with Crippen molar-refractivity contribution in [3.05, 3.63) is 30.3 Å². The number of para-hydroxylation sites is 1. The van der Waals surface area contributed by atoms with Crippen LogP contribution >= 0.6 is 12.4 Å². The van der Waals surface area contributed by atoms with Gasteiger partial charge in [-0.2, -0.15) is 0 Å². The van der Waals surface area contributed by atoms with Crippen LogP contribution in [0.2, 0.25) is 0 Å². The molecule has 1 unspecified atom stereocenters. The van der Waals surface area contributed by atoms with Crippen LogP contribution in [0.15, 0.2) is 30.3 Å². The molecule has 0 aromatic heterocycles. The molecule has 1 fully saturated rings. The Bertz CT molecular complexity index is 397. The van der Waals surface area contributed by atoms with E-state index in [1.54, 1.807) is 0 Å². The third-order valence-electron chi connectivity index (χ3n) is 3.52. The fourth-order valence-corrected chi connectivity index (χ4v) is 2.68. The van der Waals surface area contributed by atoms with E-state index in [1.165, 1.54) is 12.8 Å². The Morgan fingerprint density at radius 3 is 2.80 bits per heavy atom. The van der Waals surface area contributed by atoms with Crippen molar-refractivity contribution in [2.24, 2.45) is 5.92 Å². The van der Waals surface area contributed by atoms with Gasteiger partial charge in [0.2, 0.25) is 5.91 Å². The number of benzene rings is 1. The lowest BCUT2D eigenvalue weighted by Crippen LogP contribution is -2.42. The maximum absolute atomic E-state index is 12.0. The van der Waals surface area contributed by atoms with E-state index in [0.717, 1.165) is 25.3 Å². The highest BCUT2D eigenvalue weighted by Gasteiger charge is 2.20. The van der Waals surface area contributed by atoms with Gasteiger partial charge >= 0.3 is 0 Å². The minimum Gasteiger partial charge on any atom is -0.325 e. The van der Waals surface area contributed by atoms with Gasteiger partial charge in [-0.3, -0.25) is 9.69 Å². The number of amides is 1. The van der Waals surface area contributed by atoms with E-state index in [0.29, 0.717) is 12.5 Å². The van der Waals surface area contributed by atoms with Crippen LogP contribution in [0, 0.1) is 5.92 Å². The van der Waals surface area contributed by atoms with E-state index in [2.05, 4.69) is 15.5 Å². The number of hydrogen-bond donors (Lipinski definition) is 2. The van der Waals surface area contributed by atoms with Crippen molar-refractivity contribution in [3.63, 3.8) is 0 Å². The zero-order chi connectivity index (χ0) is 13.5. The second-order valence-corrected chi connectivity index (χ2v) is 5.22. The molecule has 1 heterocycles. The number of hydrogen-bond acceptors (Lipinski definition) is 3. The van der Waals surface area contributed by atoms with E-state index in [4.69, 9.17) is 0 Å². The predicted molar refractivity (Wildman–Crippen MR) is 85.4 cm³/mol. The highest BCUT2D eigenvalue weighted by molar-refractivity contribution is 5.92. The molecule has 1 aromatic rings. The molecule has 20 heavy (non-hydrogen) atoms. The zero-order valence-corrected chi connectivity index (χ0v) is 12.8. The fourth-order valence-electron chi connectivity index (χ4n) is 2.68. The number of nitrogens with one attached hydrogen (secondary N) is 2. The molecule has 0 spiro atoms. The molecular weight excluding hydrogens is 274 g/mol. The fraction of sp³-hybridized carbons (Fsp3) is 0.533. The third kappa shape index (κ3) is 5.49. The lowest BCUT2D eigenvalue weighted by molar-refractivity contribution is -0.117. The van der Waals surface area contributed by atoms with Crippen molar-refractivity contribution in [1.29, 1.82) is 0 Å². The molecule has 4 nitrogen and oxygen atoms in total. The Morgan fingerprint density at radius 1 is 1.35 bits per heavy atom. The summed E-state index contributed by atoms with van der Waals surface area (Å²) < 4.78 is 0. The molecule has 112 valence electrons. The second-order valence-electron chi connectivity index (χ2n) is 5.22. The molecule has 0 radical (unpaired) electrons. The lowest BCUT2D eigenvalue weighted by atomic mass is 9.98. The highest BCUT2D eigenvalue weighted by atomic mass is 35.5. The van der Waals surface area contributed by atoms with Crippen LogP contribution in [0.3, 0.4) is 0 Å². The Hall–Kier alpha value is -1.10. The summed E-state index contributed by atoms with van der Waals surface area (Å²) in [6.07, 6.45) is 2.45. The number of carbonyl (C=O) groups excluding carboxylic acids is 1.